The van der Waals surface area contributed by atoms with Gasteiger partial charge in [-0.3, -0.25) is 0 Å². The van der Waals surface area contributed by atoms with Crippen LogP contribution in [0.25, 0.3) is 0 Å². The van der Waals surface area contributed by atoms with Crippen LogP contribution in [0.5, 0.6) is 0 Å². The molecule has 2 aromatic carbocycles. The lowest BCUT2D eigenvalue weighted by Gasteiger charge is -2.13. The number of halogens is 1. The van der Waals surface area contributed by atoms with Gasteiger partial charge in [0.15, 0.2) is 0 Å². The second-order valence-corrected chi connectivity index (χ2v) is 10.5. The van der Waals surface area contributed by atoms with Crippen molar-refractivity contribution in [2.45, 2.75) is 34.6 Å². The minimum Gasteiger partial charge on any atom is -0.337 e. The van der Waals surface area contributed by atoms with Crippen LogP contribution in [0, 0.1) is 6.92 Å². The van der Waals surface area contributed by atoms with Gasteiger partial charge in [0.25, 0.3) is 0 Å². The zero-order valence-corrected chi connectivity index (χ0v) is 18.0. The highest BCUT2D eigenvalue weighted by Gasteiger charge is 2.25. The highest BCUT2D eigenvalue weighted by Crippen LogP contribution is 2.28. The number of aryl methyl sites for hydroxylation is 1. The summed E-state index contributed by atoms with van der Waals surface area (Å²) in [6.45, 7) is 2.32. The first-order valence-corrected chi connectivity index (χ1v) is 12.1. The standard InChI is InChI=1S/C19H20ClN3O4S2/c1-15-18(28(24,25)17-8-6-16(20)7-9-17)4-2-5-19(15)29(26,27)22-10-3-12-23-13-11-21-14-23/h2,4-9,11,13-14,22H,3,10,12H2,1H3. The maximum atomic E-state index is 13.0. The molecule has 0 spiro atoms. The minimum atomic E-state index is -3.89. The molecule has 154 valence electrons. The Morgan fingerprint density at radius 3 is 2.38 bits per heavy atom. The fourth-order valence-electron chi connectivity index (χ4n) is 2.88. The first-order chi connectivity index (χ1) is 13.7. The number of benzene rings is 2. The van der Waals surface area contributed by atoms with Crippen molar-refractivity contribution in [2.75, 3.05) is 6.54 Å². The molecule has 0 atom stereocenters. The SMILES string of the molecule is Cc1c(S(=O)(=O)NCCCn2ccnc2)cccc1S(=O)(=O)c1ccc(Cl)cc1. The van der Waals surface area contributed by atoms with Crippen molar-refractivity contribution >= 4 is 31.5 Å². The lowest BCUT2D eigenvalue weighted by molar-refractivity contribution is 0.569. The molecule has 0 saturated carbocycles. The summed E-state index contributed by atoms with van der Waals surface area (Å²) in [5.41, 5.74) is 0.171. The predicted molar refractivity (Wildman–Crippen MR) is 110 cm³/mol. The molecule has 1 aromatic heterocycles. The van der Waals surface area contributed by atoms with Gasteiger partial charge < -0.3 is 4.57 Å². The summed E-state index contributed by atoms with van der Waals surface area (Å²) in [4.78, 5) is 3.87. The van der Waals surface area contributed by atoms with E-state index in [1.165, 1.54) is 49.4 Å². The molecule has 10 heteroatoms. The van der Waals surface area contributed by atoms with Gasteiger partial charge in [0, 0.05) is 30.5 Å². The lowest BCUT2D eigenvalue weighted by atomic mass is 10.2. The average molecular weight is 454 g/mol. The molecule has 0 aliphatic rings. The second kappa shape index (κ2) is 8.66. The summed E-state index contributed by atoms with van der Waals surface area (Å²) >= 11 is 5.83. The number of rotatable bonds is 8. The Kier molecular flexibility index (Phi) is 6.42. The Morgan fingerprint density at radius 2 is 1.72 bits per heavy atom. The third kappa shape index (κ3) is 4.87. The maximum absolute atomic E-state index is 13.0. The topological polar surface area (TPSA) is 98.1 Å². The van der Waals surface area contributed by atoms with Gasteiger partial charge in [-0.25, -0.2) is 26.5 Å². The van der Waals surface area contributed by atoms with Crippen LogP contribution in [0.4, 0.5) is 0 Å². The van der Waals surface area contributed by atoms with Crippen LogP contribution in [0.2, 0.25) is 5.02 Å². The van der Waals surface area contributed by atoms with E-state index in [4.69, 9.17) is 11.6 Å². The van der Waals surface area contributed by atoms with Gasteiger partial charge in [-0.05, 0) is 55.3 Å². The summed E-state index contributed by atoms with van der Waals surface area (Å²) in [5.74, 6) is 0. The van der Waals surface area contributed by atoms with E-state index in [2.05, 4.69) is 9.71 Å². The number of hydrogen-bond acceptors (Lipinski definition) is 5. The summed E-state index contributed by atoms with van der Waals surface area (Å²) in [7, 11) is -7.75. The number of sulfone groups is 1. The van der Waals surface area contributed by atoms with Crippen molar-refractivity contribution in [1.29, 1.82) is 0 Å². The number of hydrogen-bond donors (Lipinski definition) is 1. The maximum Gasteiger partial charge on any atom is 0.240 e. The molecule has 1 N–H and O–H groups in total. The molecule has 0 saturated heterocycles. The fourth-order valence-corrected chi connectivity index (χ4v) is 5.93. The van der Waals surface area contributed by atoms with Crippen molar-refractivity contribution < 1.29 is 16.8 Å². The van der Waals surface area contributed by atoms with Gasteiger partial charge in [0.2, 0.25) is 19.9 Å². The number of sulfonamides is 1. The van der Waals surface area contributed by atoms with Gasteiger partial charge in [0.1, 0.15) is 0 Å². The Morgan fingerprint density at radius 1 is 1.03 bits per heavy atom. The summed E-state index contributed by atoms with van der Waals surface area (Å²) in [5, 5.41) is 0.414. The van der Waals surface area contributed by atoms with E-state index in [9.17, 15) is 16.8 Å². The van der Waals surface area contributed by atoms with Gasteiger partial charge >= 0.3 is 0 Å². The first kappa shape index (κ1) is 21.5. The Bertz CT molecular complexity index is 1190. The molecule has 0 radical (unpaired) electrons. The molecule has 0 fully saturated rings. The smallest absolute Gasteiger partial charge is 0.240 e. The third-order valence-electron chi connectivity index (χ3n) is 4.38. The van der Waals surface area contributed by atoms with E-state index >= 15 is 0 Å². The van der Waals surface area contributed by atoms with E-state index in [1.54, 1.807) is 18.7 Å². The average Bonchev–Trinajstić information content (AvgIpc) is 3.19. The molecule has 0 aliphatic heterocycles. The van der Waals surface area contributed by atoms with Gasteiger partial charge in [-0.1, -0.05) is 17.7 Å². The second-order valence-electron chi connectivity index (χ2n) is 6.39. The third-order valence-corrected chi connectivity index (χ3v) is 8.15. The Labute approximate surface area is 175 Å². The number of nitrogens with zero attached hydrogens (tertiary/aromatic N) is 2. The lowest BCUT2D eigenvalue weighted by Crippen LogP contribution is -2.26. The van der Waals surface area contributed by atoms with E-state index in [-0.39, 0.29) is 26.8 Å². The molecular formula is C19H20ClN3O4S2. The van der Waals surface area contributed by atoms with Crippen LogP contribution in [-0.4, -0.2) is 32.9 Å². The Balaban J connectivity index is 1.82. The number of imidazole rings is 1. The normalized spacial score (nSPS) is 12.2. The van der Waals surface area contributed by atoms with Crippen molar-refractivity contribution in [3.63, 3.8) is 0 Å². The van der Waals surface area contributed by atoms with Gasteiger partial charge in [0.05, 0.1) is 21.0 Å². The van der Waals surface area contributed by atoms with E-state index < -0.39 is 19.9 Å². The van der Waals surface area contributed by atoms with Gasteiger partial charge in [-0.15, -0.1) is 0 Å². The van der Waals surface area contributed by atoms with E-state index in [0.29, 0.717) is 18.0 Å². The van der Waals surface area contributed by atoms with Crippen molar-refractivity contribution in [2.24, 2.45) is 0 Å². The largest absolute Gasteiger partial charge is 0.337 e. The van der Waals surface area contributed by atoms with Crippen molar-refractivity contribution in [1.82, 2.24) is 14.3 Å². The van der Waals surface area contributed by atoms with Crippen LogP contribution in [0.1, 0.15) is 12.0 Å². The van der Waals surface area contributed by atoms with Crippen LogP contribution in [-0.2, 0) is 26.4 Å². The molecule has 3 aromatic rings. The molecule has 7 nitrogen and oxygen atoms in total. The zero-order valence-electron chi connectivity index (χ0n) is 15.6. The molecule has 1 heterocycles. The summed E-state index contributed by atoms with van der Waals surface area (Å²) in [6.07, 6.45) is 5.67. The molecule has 0 unspecified atom stereocenters. The quantitative estimate of drug-likeness (QED) is 0.528. The molecule has 3 rings (SSSR count). The minimum absolute atomic E-state index is 0.0489. The van der Waals surface area contributed by atoms with Gasteiger partial charge in [-0.2, -0.15) is 0 Å². The molecule has 0 amide bonds. The number of nitrogens with one attached hydrogen (secondary N) is 1. The van der Waals surface area contributed by atoms with Crippen molar-refractivity contribution in [3.05, 3.63) is 71.8 Å². The molecular weight excluding hydrogens is 434 g/mol. The van der Waals surface area contributed by atoms with Crippen LogP contribution >= 0.6 is 11.6 Å². The summed E-state index contributed by atoms with van der Waals surface area (Å²) < 4.78 is 55.8. The first-order valence-electron chi connectivity index (χ1n) is 8.77. The fraction of sp³-hybridized carbons (Fsp3) is 0.211. The molecule has 0 aliphatic carbocycles. The molecule has 0 bridgehead atoms. The zero-order chi connectivity index (χ0) is 21.1. The Hall–Kier alpha value is -2.20. The highest BCUT2D eigenvalue weighted by atomic mass is 35.5. The molecule has 29 heavy (non-hydrogen) atoms. The highest BCUT2D eigenvalue weighted by molar-refractivity contribution is 7.92. The summed E-state index contributed by atoms with van der Waals surface area (Å²) in [6, 6.07) is 9.97. The monoisotopic (exact) mass is 453 g/mol. The van der Waals surface area contributed by atoms with E-state index in [1.807, 2.05) is 4.57 Å². The van der Waals surface area contributed by atoms with Crippen LogP contribution in [0.15, 0.2) is 75.9 Å². The van der Waals surface area contributed by atoms with Crippen LogP contribution < -0.4 is 4.72 Å². The van der Waals surface area contributed by atoms with E-state index in [0.717, 1.165) is 0 Å². The van der Waals surface area contributed by atoms with Crippen LogP contribution in [0.3, 0.4) is 0 Å². The van der Waals surface area contributed by atoms with Crippen molar-refractivity contribution in [3.8, 4) is 0 Å². The number of aromatic nitrogens is 2. The predicted octanol–water partition coefficient (Wildman–Crippen LogP) is 3.05.